The number of carbonyl (C=O) groups excluding carboxylic acids is 2. The zero-order valence-electron chi connectivity index (χ0n) is 11.1. The van der Waals surface area contributed by atoms with E-state index in [9.17, 15) is 35.6 Å². The van der Waals surface area contributed by atoms with Gasteiger partial charge in [0.1, 0.15) is 0 Å². The van der Waals surface area contributed by atoms with E-state index in [4.69, 9.17) is 4.55 Å². The molecule has 0 unspecified atom stereocenters. The number of carbonyl (C=O) groups is 2. The lowest BCUT2D eigenvalue weighted by Crippen LogP contribution is -2.46. The molecule has 0 aliphatic carbocycles. The summed E-state index contributed by atoms with van der Waals surface area (Å²) in [6, 6.07) is 0. The van der Waals surface area contributed by atoms with E-state index in [1.807, 2.05) is 0 Å². The first-order chi connectivity index (χ1) is 9.85. The number of halogens is 4. The van der Waals surface area contributed by atoms with E-state index in [2.05, 4.69) is 9.47 Å². The average Bonchev–Trinajstić information content (AvgIpc) is 2.39. The molecule has 0 saturated carbocycles. The molecule has 1 N–H and O–H groups in total. The van der Waals surface area contributed by atoms with Crippen molar-refractivity contribution in [3.8, 4) is 0 Å². The molecule has 0 aliphatic heterocycles. The third-order valence-electron chi connectivity index (χ3n) is 2.19. The molecular weight excluding hydrogens is 340 g/mol. The lowest BCUT2D eigenvalue weighted by atomic mass is 10.2. The van der Waals surface area contributed by atoms with Crippen molar-refractivity contribution >= 4 is 22.1 Å². The summed E-state index contributed by atoms with van der Waals surface area (Å²) >= 11 is 0. The Morgan fingerprint density at radius 2 is 1.64 bits per heavy atom. The summed E-state index contributed by atoms with van der Waals surface area (Å²) in [6.07, 6.45) is -1.16. The molecule has 22 heavy (non-hydrogen) atoms. The normalized spacial score (nSPS) is 13.2. The fourth-order valence-electron chi connectivity index (χ4n) is 1.05. The zero-order chi connectivity index (χ0) is 17.6. The van der Waals surface area contributed by atoms with Gasteiger partial charge in [-0.2, -0.15) is 26.0 Å². The Morgan fingerprint density at radius 3 is 2.09 bits per heavy atom. The van der Waals surface area contributed by atoms with E-state index in [-0.39, 0.29) is 0 Å². The van der Waals surface area contributed by atoms with Crippen LogP contribution in [0.5, 0.6) is 0 Å². The van der Waals surface area contributed by atoms with Crippen molar-refractivity contribution in [2.45, 2.75) is 24.0 Å². The highest BCUT2D eigenvalue weighted by molar-refractivity contribution is 7.87. The molecule has 0 fully saturated rings. The van der Waals surface area contributed by atoms with Gasteiger partial charge in [-0.15, -0.1) is 0 Å². The Bertz CT molecular complexity index is 541. The minimum Gasteiger partial charge on any atom is -0.466 e. The van der Waals surface area contributed by atoms with Gasteiger partial charge >= 0.3 is 33.2 Å². The van der Waals surface area contributed by atoms with Crippen LogP contribution in [0, 0.1) is 0 Å². The molecule has 0 aromatic heterocycles. The van der Waals surface area contributed by atoms with Crippen LogP contribution >= 0.6 is 0 Å². The maximum atomic E-state index is 13.0. The molecule has 0 aromatic carbocycles. The molecule has 0 amide bonds. The van der Waals surface area contributed by atoms with Gasteiger partial charge in [-0.25, -0.2) is 9.59 Å². The van der Waals surface area contributed by atoms with Gasteiger partial charge < -0.3 is 9.47 Å². The first-order valence-corrected chi connectivity index (χ1v) is 6.94. The SMILES string of the molecule is COC(=O)C=CC(=O)OCCCC(F)(F)C(F)(F)S(=O)(=O)O. The Kier molecular flexibility index (Phi) is 6.96. The van der Waals surface area contributed by atoms with Gasteiger partial charge in [-0.05, 0) is 6.42 Å². The zero-order valence-corrected chi connectivity index (χ0v) is 11.9. The molecule has 0 spiro atoms. The second kappa shape index (κ2) is 7.54. The molecule has 0 aromatic rings. The van der Waals surface area contributed by atoms with Crippen LogP contribution in [0.1, 0.15) is 12.8 Å². The number of rotatable bonds is 8. The molecule has 0 aliphatic rings. The van der Waals surface area contributed by atoms with Crippen LogP contribution in [0.15, 0.2) is 12.2 Å². The minimum absolute atomic E-state index is 0.622. The molecule has 12 heteroatoms. The minimum atomic E-state index is -6.29. The van der Waals surface area contributed by atoms with Crippen molar-refractivity contribution in [1.82, 2.24) is 0 Å². The van der Waals surface area contributed by atoms with Crippen molar-refractivity contribution in [3.05, 3.63) is 12.2 Å². The van der Waals surface area contributed by atoms with Gasteiger partial charge in [0.15, 0.2) is 0 Å². The van der Waals surface area contributed by atoms with E-state index in [1.165, 1.54) is 0 Å². The first kappa shape index (κ1) is 20.3. The van der Waals surface area contributed by atoms with Crippen LogP contribution < -0.4 is 0 Å². The molecule has 0 heterocycles. The molecule has 128 valence electrons. The Labute approximate surface area is 122 Å². The smallest absolute Gasteiger partial charge is 0.431 e. The van der Waals surface area contributed by atoms with Crippen LogP contribution in [0.2, 0.25) is 0 Å². The second-order valence-electron chi connectivity index (χ2n) is 3.82. The van der Waals surface area contributed by atoms with Gasteiger partial charge in [-0.3, -0.25) is 4.55 Å². The Balaban J connectivity index is 4.40. The first-order valence-electron chi connectivity index (χ1n) is 5.50. The quantitative estimate of drug-likeness (QED) is 0.230. The van der Waals surface area contributed by atoms with Gasteiger partial charge in [0, 0.05) is 18.6 Å². The predicted octanol–water partition coefficient (Wildman–Crippen LogP) is 1.15. The Hall–Kier alpha value is -1.69. The van der Waals surface area contributed by atoms with Crippen molar-refractivity contribution in [2.24, 2.45) is 0 Å². The molecule has 0 saturated heterocycles. The maximum absolute atomic E-state index is 13.0. The van der Waals surface area contributed by atoms with E-state index in [0.717, 1.165) is 7.11 Å². The van der Waals surface area contributed by atoms with Crippen LogP contribution in [0.4, 0.5) is 17.6 Å². The molecule has 0 radical (unpaired) electrons. The lowest BCUT2D eigenvalue weighted by Gasteiger charge is -2.23. The van der Waals surface area contributed by atoms with Gasteiger partial charge in [0.05, 0.1) is 13.7 Å². The fraction of sp³-hybridized carbons (Fsp3) is 0.600. The maximum Gasteiger partial charge on any atom is 0.431 e. The summed E-state index contributed by atoms with van der Waals surface area (Å²) in [6.45, 7) is -0.735. The molecule has 7 nitrogen and oxygen atoms in total. The number of methoxy groups -OCH3 is 1. The van der Waals surface area contributed by atoms with Crippen LogP contribution in [-0.4, -0.2) is 49.8 Å². The molecule has 0 bridgehead atoms. The van der Waals surface area contributed by atoms with Crippen LogP contribution in [-0.2, 0) is 29.2 Å². The van der Waals surface area contributed by atoms with Crippen LogP contribution in [0.25, 0.3) is 0 Å². The third-order valence-corrected chi connectivity index (χ3v) is 3.13. The highest BCUT2D eigenvalue weighted by Gasteiger charge is 2.64. The largest absolute Gasteiger partial charge is 0.466 e. The second-order valence-corrected chi connectivity index (χ2v) is 5.29. The number of alkyl halides is 4. The summed E-state index contributed by atoms with van der Waals surface area (Å²) in [5.74, 6) is -7.04. The summed E-state index contributed by atoms with van der Waals surface area (Å²) in [5.41, 5.74) is 0. The van der Waals surface area contributed by atoms with Crippen molar-refractivity contribution < 1.29 is 49.6 Å². The number of hydrogen-bond donors (Lipinski definition) is 1. The van der Waals surface area contributed by atoms with E-state index in [1.54, 1.807) is 0 Å². The molecular formula is C10H12F4O7S. The van der Waals surface area contributed by atoms with Crippen LogP contribution in [0.3, 0.4) is 0 Å². The summed E-state index contributed by atoms with van der Waals surface area (Å²) in [7, 11) is -5.25. The lowest BCUT2D eigenvalue weighted by molar-refractivity contribution is -0.167. The summed E-state index contributed by atoms with van der Waals surface area (Å²) < 4.78 is 88.5. The highest BCUT2D eigenvalue weighted by atomic mass is 32.2. The Morgan fingerprint density at radius 1 is 1.14 bits per heavy atom. The van der Waals surface area contributed by atoms with Gasteiger partial charge in [0.2, 0.25) is 0 Å². The highest BCUT2D eigenvalue weighted by Crippen LogP contribution is 2.41. The van der Waals surface area contributed by atoms with Crippen molar-refractivity contribution in [2.75, 3.05) is 13.7 Å². The van der Waals surface area contributed by atoms with Gasteiger partial charge in [0.25, 0.3) is 0 Å². The number of ether oxygens (including phenoxy) is 2. The summed E-state index contributed by atoms with van der Waals surface area (Å²) in [4.78, 5) is 21.6. The predicted molar refractivity (Wildman–Crippen MR) is 62.8 cm³/mol. The van der Waals surface area contributed by atoms with Crippen molar-refractivity contribution in [1.29, 1.82) is 0 Å². The van der Waals surface area contributed by atoms with Crippen molar-refractivity contribution in [3.63, 3.8) is 0 Å². The average molecular weight is 352 g/mol. The topological polar surface area (TPSA) is 107 Å². The third kappa shape index (κ3) is 5.60. The molecule has 0 atom stereocenters. The number of hydrogen-bond acceptors (Lipinski definition) is 6. The monoisotopic (exact) mass is 352 g/mol. The van der Waals surface area contributed by atoms with E-state index in [0.29, 0.717) is 12.2 Å². The van der Waals surface area contributed by atoms with E-state index < -0.39 is 52.7 Å². The summed E-state index contributed by atoms with van der Waals surface area (Å²) in [5, 5.41) is -5.66. The fourth-order valence-corrected chi connectivity index (χ4v) is 1.53. The molecule has 0 rings (SSSR count). The number of esters is 2. The standard InChI is InChI=1S/C10H12F4O7S/c1-20-7(15)3-4-8(16)21-6-2-5-9(11,12)10(13,14)22(17,18)19/h3-4H,2,5-6H2,1H3,(H,17,18,19). The van der Waals surface area contributed by atoms with Gasteiger partial charge in [-0.1, -0.05) is 0 Å². The van der Waals surface area contributed by atoms with E-state index >= 15 is 0 Å².